The van der Waals surface area contributed by atoms with Crippen molar-refractivity contribution in [2.24, 2.45) is 0 Å². The molecule has 0 saturated carbocycles. The summed E-state index contributed by atoms with van der Waals surface area (Å²) in [5, 5.41) is 9.81. The zero-order chi connectivity index (χ0) is 18.1. The molecule has 1 aromatic heterocycles. The monoisotopic (exact) mass is 370 g/mol. The maximum atomic E-state index is 13.2. The first kappa shape index (κ1) is 17.7. The number of rotatable bonds is 3. The third kappa shape index (κ3) is 3.10. The number of thiophene rings is 1. The van der Waals surface area contributed by atoms with Gasteiger partial charge in [-0.3, -0.25) is 9.69 Å². The van der Waals surface area contributed by atoms with Crippen molar-refractivity contribution >= 4 is 28.8 Å². The molecule has 0 aliphatic carbocycles. The van der Waals surface area contributed by atoms with E-state index in [0.717, 1.165) is 32.9 Å². The second kappa shape index (κ2) is 7.03. The van der Waals surface area contributed by atoms with Crippen LogP contribution in [0, 0.1) is 18.3 Å². The highest BCUT2D eigenvalue weighted by atomic mass is 35.5. The number of nitriles is 1. The quantitative estimate of drug-likeness (QED) is 0.665. The Morgan fingerprint density at radius 2 is 2.04 bits per heavy atom. The largest absolute Gasteiger partial charge is 0.293 e. The molecule has 1 aliphatic rings. The number of amides is 1. The number of halogens is 1. The maximum absolute atomic E-state index is 13.2. The standard InChI is InChI=1S/C20H19ClN2OS/c1-4-16-13(3)19(21)23(11-15-8-6-5-7-14(15)10-22)20(24)18-17(16)9-12(2)25-18/h5-9,16H,4,11H2,1-3H3. The second-order valence-corrected chi connectivity index (χ2v) is 7.85. The molecule has 0 bridgehead atoms. The first-order chi connectivity index (χ1) is 12.0. The molecule has 0 N–H and O–H groups in total. The van der Waals surface area contributed by atoms with Gasteiger partial charge < -0.3 is 0 Å². The Bertz CT molecular complexity index is 907. The molecule has 1 aromatic carbocycles. The van der Waals surface area contributed by atoms with Gasteiger partial charge in [-0.05, 0) is 49.1 Å². The molecule has 0 radical (unpaired) electrons. The van der Waals surface area contributed by atoms with Crippen LogP contribution in [0.3, 0.4) is 0 Å². The molecular formula is C20H19ClN2OS. The van der Waals surface area contributed by atoms with E-state index in [1.54, 1.807) is 11.0 Å². The van der Waals surface area contributed by atoms with E-state index >= 15 is 0 Å². The molecule has 2 aromatic rings. The normalized spacial score (nSPS) is 17.3. The Morgan fingerprint density at radius 1 is 1.32 bits per heavy atom. The summed E-state index contributed by atoms with van der Waals surface area (Å²) >= 11 is 8.16. The average Bonchev–Trinajstić information content (AvgIpc) is 2.98. The maximum Gasteiger partial charge on any atom is 0.269 e. The fourth-order valence-corrected chi connectivity index (χ4v) is 4.66. The summed E-state index contributed by atoms with van der Waals surface area (Å²) in [6, 6.07) is 11.6. The molecule has 1 unspecified atom stereocenters. The third-order valence-electron chi connectivity index (χ3n) is 4.66. The van der Waals surface area contributed by atoms with E-state index in [2.05, 4.69) is 19.1 Å². The second-order valence-electron chi connectivity index (χ2n) is 6.24. The van der Waals surface area contributed by atoms with Crippen molar-refractivity contribution in [2.75, 3.05) is 0 Å². The van der Waals surface area contributed by atoms with Gasteiger partial charge in [0.05, 0.1) is 23.1 Å². The molecule has 0 spiro atoms. The van der Waals surface area contributed by atoms with Crippen LogP contribution in [0.1, 0.15) is 57.4 Å². The van der Waals surface area contributed by atoms with Gasteiger partial charge in [0.15, 0.2) is 0 Å². The number of allylic oxidation sites excluding steroid dienone is 1. The summed E-state index contributed by atoms with van der Waals surface area (Å²) in [5.41, 5.74) is 3.44. The number of fused-ring (bicyclic) bond motifs is 1. The fourth-order valence-electron chi connectivity index (χ4n) is 3.37. The highest BCUT2D eigenvalue weighted by molar-refractivity contribution is 7.14. The Labute approximate surface area is 157 Å². The van der Waals surface area contributed by atoms with Gasteiger partial charge in [-0.1, -0.05) is 36.7 Å². The number of nitrogens with zero attached hydrogens (tertiary/aromatic N) is 2. The van der Waals surface area contributed by atoms with Crippen molar-refractivity contribution in [1.29, 1.82) is 5.26 Å². The van der Waals surface area contributed by atoms with Gasteiger partial charge in [-0.2, -0.15) is 5.26 Å². The predicted octanol–water partition coefficient (Wildman–Crippen LogP) is 5.55. The minimum atomic E-state index is -0.0823. The van der Waals surface area contributed by atoms with Gasteiger partial charge in [0.1, 0.15) is 5.16 Å². The lowest BCUT2D eigenvalue weighted by atomic mass is 9.91. The Hall–Kier alpha value is -2.09. The highest BCUT2D eigenvalue weighted by Crippen LogP contribution is 2.42. The van der Waals surface area contributed by atoms with Gasteiger partial charge in [-0.15, -0.1) is 11.3 Å². The summed E-state index contributed by atoms with van der Waals surface area (Å²) in [6.07, 6.45) is 0.890. The Morgan fingerprint density at radius 3 is 2.72 bits per heavy atom. The van der Waals surface area contributed by atoms with E-state index in [1.165, 1.54) is 11.3 Å². The first-order valence-corrected chi connectivity index (χ1v) is 9.43. The van der Waals surface area contributed by atoms with Gasteiger partial charge in [0, 0.05) is 10.8 Å². The van der Waals surface area contributed by atoms with Crippen LogP contribution in [0.4, 0.5) is 0 Å². The summed E-state index contributed by atoms with van der Waals surface area (Å²) in [6.45, 7) is 6.43. The average molecular weight is 371 g/mol. The highest BCUT2D eigenvalue weighted by Gasteiger charge is 2.33. The number of carbonyl (C=O) groups is 1. The fraction of sp³-hybridized carbons (Fsp3) is 0.300. The molecule has 0 saturated heterocycles. The minimum absolute atomic E-state index is 0.0823. The van der Waals surface area contributed by atoms with E-state index in [-0.39, 0.29) is 11.8 Å². The van der Waals surface area contributed by atoms with Crippen LogP contribution in [0.2, 0.25) is 0 Å². The van der Waals surface area contributed by atoms with Crippen molar-refractivity contribution in [1.82, 2.24) is 4.90 Å². The summed E-state index contributed by atoms with van der Waals surface area (Å²) in [4.78, 5) is 16.7. The Kier molecular flexibility index (Phi) is 4.99. The number of carbonyl (C=O) groups excluding carboxylic acids is 1. The minimum Gasteiger partial charge on any atom is -0.293 e. The van der Waals surface area contributed by atoms with Crippen LogP contribution in [0.25, 0.3) is 0 Å². The van der Waals surface area contributed by atoms with Crippen molar-refractivity contribution < 1.29 is 4.79 Å². The van der Waals surface area contributed by atoms with E-state index in [4.69, 9.17) is 11.6 Å². The molecule has 1 amide bonds. The summed E-state index contributed by atoms with van der Waals surface area (Å²) in [5.74, 6) is 0.0637. The molecular weight excluding hydrogens is 352 g/mol. The van der Waals surface area contributed by atoms with Crippen molar-refractivity contribution in [3.8, 4) is 6.07 Å². The zero-order valence-corrected chi connectivity index (χ0v) is 16.0. The molecule has 5 heteroatoms. The van der Waals surface area contributed by atoms with Crippen molar-refractivity contribution in [2.45, 2.75) is 39.7 Å². The molecule has 2 heterocycles. The smallest absolute Gasteiger partial charge is 0.269 e. The Balaban J connectivity index is 2.12. The summed E-state index contributed by atoms with van der Waals surface area (Å²) < 4.78 is 0. The van der Waals surface area contributed by atoms with Crippen LogP contribution >= 0.6 is 22.9 Å². The van der Waals surface area contributed by atoms with Gasteiger partial charge in [-0.25, -0.2) is 0 Å². The third-order valence-corrected chi connectivity index (χ3v) is 6.21. The molecule has 25 heavy (non-hydrogen) atoms. The molecule has 1 aliphatic heterocycles. The van der Waals surface area contributed by atoms with Crippen LogP contribution in [0.15, 0.2) is 41.1 Å². The molecule has 0 fully saturated rings. The van der Waals surface area contributed by atoms with Crippen molar-refractivity contribution in [3.05, 3.63) is 67.5 Å². The van der Waals surface area contributed by atoms with E-state index in [1.807, 2.05) is 32.0 Å². The molecule has 3 nitrogen and oxygen atoms in total. The van der Waals surface area contributed by atoms with Gasteiger partial charge in [0.25, 0.3) is 5.91 Å². The van der Waals surface area contributed by atoms with E-state index < -0.39 is 0 Å². The lowest BCUT2D eigenvalue weighted by Gasteiger charge is -2.22. The lowest BCUT2D eigenvalue weighted by molar-refractivity contribution is 0.0812. The first-order valence-electron chi connectivity index (χ1n) is 8.24. The number of hydrogen-bond donors (Lipinski definition) is 0. The zero-order valence-electron chi connectivity index (χ0n) is 14.5. The van der Waals surface area contributed by atoms with Gasteiger partial charge >= 0.3 is 0 Å². The van der Waals surface area contributed by atoms with E-state index in [9.17, 15) is 10.1 Å². The lowest BCUT2D eigenvalue weighted by Crippen LogP contribution is -2.27. The summed E-state index contributed by atoms with van der Waals surface area (Å²) in [7, 11) is 0. The predicted molar refractivity (Wildman–Crippen MR) is 102 cm³/mol. The number of hydrogen-bond acceptors (Lipinski definition) is 3. The van der Waals surface area contributed by atoms with Crippen LogP contribution < -0.4 is 0 Å². The molecule has 1 atom stereocenters. The molecule has 128 valence electrons. The van der Waals surface area contributed by atoms with Crippen molar-refractivity contribution in [3.63, 3.8) is 0 Å². The van der Waals surface area contributed by atoms with Crippen LogP contribution in [-0.4, -0.2) is 10.8 Å². The van der Waals surface area contributed by atoms with E-state index in [0.29, 0.717) is 17.3 Å². The number of aryl methyl sites for hydroxylation is 1. The van der Waals surface area contributed by atoms with Crippen LogP contribution in [0.5, 0.6) is 0 Å². The molecule has 3 rings (SSSR count). The topological polar surface area (TPSA) is 44.1 Å². The van der Waals surface area contributed by atoms with Gasteiger partial charge in [0.2, 0.25) is 0 Å². The van der Waals surface area contributed by atoms with Crippen LogP contribution in [-0.2, 0) is 6.54 Å². The number of benzene rings is 1. The SMILES string of the molecule is CCC1C(C)=C(Cl)N(Cc2ccccc2C#N)C(=O)c2sc(C)cc21.